The van der Waals surface area contributed by atoms with Gasteiger partial charge in [-0.05, 0) is 51.6 Å². The summed E-state index contributed by atoms with van der Waals surface area (Å²) >= 11 is 0. The number of hydrogen-bond donors (Lipinski definition) is 2. The zero-order chi connectivity index (χ0) is 18.5. The maximum Gasteiger partial charge on any atom is 0.234 e. The summed E-state index contributed by atoms with van der Waals surface area (Å²) in [6.07, 6.45) is 7.10. The third-order valence-electron chi connectivity index (χ3n) is 6.35. The molecule has 0 aliphatic carbocycles. The van der Waals surface area contributed by atoms with Gasteiger partial charge in [-0.2, -0.15) is 0 Å². The second kappa shape index (κ2) is 9.15. The topological polar surface area (TPSA) is 90.1 Å². The van der Waals surface area contributed by atoms with Crippen molar-refractivity contribution in [3.05, 3.63) is 0 Å². The van der Waals surface area contributed by atoms with Crippen LogP contribution < -0.4 is 5.73 Å². The van der Waals surface area contributed by atoms with Crippen LogP contribution in [0.4, 0.5) is 0 Å². The maximum atomic E-state index is 12.6. The van der Waals surface area contributed by atoms with Crippen LogP contribution >= 0.6 is 0 Å². The van der Waals surface area contributed by atoms with Gasteiger partial charge in [0.05, 0.1) is 12.1 Å². The Morgan fingerprint density at radius 3 is 2.31 bits per heavy atom. The van der Waals surface area contributed by atoms with Crippen LogP contribution in [0.15, 0.2) is 0 Å². The minimum Gasteiger partial charge on any atom is -0.393 e. The highest BCUT2D eigenvalue weighted by molar-refractivity contribution is 5.80. The number of rotatable bonds is 5. The molecule has 3 rings (SSSR count). The van der Waals surface area contributed by atoms with Gasteiger partial charge < -0.3 is 20.6 Å². The second-order valence-corrected chi connectivity index (χ2v) is 8.09. The van der Waals surface area contributed by atoms with Crippen molar-refractivity contribution in [3.63, 3.8) is 0 Å². The van der Waals surface area contributed by atoms with E-state index in [4.69, 9.17) is 5.73 Å². The Kier molecular flexibility index (Phi) is 6.89. The average molecular weight is 367 g/mol. The number of nitrogens with two attached hydrogens (primary N) is 1. The highest BCUT2D eigenvalue weighted by atomic mass is 16.3. The van der Waals surface area contributed by atoms with Crippen molar-refractivity contribution in [2.24, 2.45) is 5.73 Å². The first-order chi connectivity index (χ1) is 12.5. The fourth-order valence-corrected chi connectivity index (χ4v) is 4.72. The van der Waals surface area contributed by atoms with Gasteiger partial charge in [-0.3, -0.25) is 14.5 Å². The van der Waals surface area contributed by atoms with Gasteiger partial charge >= 0.3 is 0 Å². The summed E-state index contributed by atoms with van der Waals surface area (Å²) in [6, 6.07) is 0.193. The molecule has 0 aromatic rings. The first-order valence-corrected chi connectivity index (χ1v) is 10.3. The van der Waals surface area contributed by atoms with E-state index in [1.165, 1.54) is 32.4 Å². The molecule has 3 heterocycles. The molecule has 7 nitrogen and oxygen atoms in total. The molecule has 7 heteroatoms. The van der Waals surface area contributed by atoms with Crippen molar-refractivity contribution < 1.29 is 14.7 Å². The number of hydrogen-bond acceptors (Lipinski definition) is 5. The third-order valence-corrected chi connectivity index (χ3v) is 6.35. The monoisotopic (exact) mass is 366 g/mol. The standard InChI is InChI=1S/C19H34N4O3/c20-19(26)17-14-16(24)6-12-22(17)13-7-18(25)23-10-4-15(5-11-23)21-8-2-1-3-9-21/h15-17,24H,1-14H2,(H2,20,26). The summed E-state index contributed by atoms with van der Waals surface area (Å²) in [5, 5.41) is 9.75. The molecule has 148 valence electrons. The number of carbonyl (C=O) groups excluding carboxylic acids is 2. The second-order valence-electron chi connectivity index (χ2n) is 8.09. The van der Waals surface area contributed by atoms with Crippen LogP contribution in [0.2, 0.25) is 0 Å². The van der Waals surface area contributed by atoms with Crippen LogP contribution in [0.1, 0.15) is 51.4 Å². The highest BCUT2D eigenvalue weighted by Crippen LogP contribution is 2.22. The molecule has 0 saturated carbocycles. The summed E-state index contributed by atoms with van der Waals surface area (Å²) in [6.45, 7) is 5.29. The minimum absolute atomic E-state index is 0.177. The van der Waals surface area contributed by atoms with E-state index in [1.807, 2.05) is 9.80 Å². The Labute approximate surface area is 156 Å². The van der Waals surface area contributed by atoms with E-state index in [0.717, 1.165) is 25.9 Å². The van der Waals surface area contributed by atoms with Crippen molar-refractivity contribution in [2.45, 2.75) is 69.6 Å². The normalized spacial score (nSPS) is 29.7. The average Bonchev–Trinajstić information content (AvgIpc) is 2.67. The predicted octanol–water partition coefficient (Wildman–Crippen LogP) is 0.164. The summed E-state index contributed by atoms with van der Waals surface area (Å²) in [5.41, 5.74) is 5.46. The molecular weight excluding hydrogens is 332 g/mol. The van der Waals surface area contributed by atoms with Gasteiger partial charge in [-0.25, -0.2) is 0 Å². The smallest absolute Gasteiger partial charge is 0.234 e. The van der Waals surface area contributed by atoms with Gasteiger partial charge in [0, 0.05) is 38.6 Å². The lowest BCUT2D eigenvalue weighted by Gasteiger charge is -2.40. The molecule has 3 fully saturated rings. The van der Waals surface area contributed by atoms with Crippen molar-refractivity contribution in [1.82, 2.24) is 14.7 Å². The number of aliphatic hydroxyl groups excluding tert-OH is 1. The Morgan fingerprint density at radius 1 is 0.962 bits per heavy atom. The summed E-state index contributed by atoms with van der Waals surface area (Å²) in [5.74, 6) is -0.227. The highest BCUT2D eigenvalue weighted by Gasteiger charge is 2.32. The van der Waals surface area contributed by atoms with Crippen molar-refractivity contribution in [2.75, 3.05) is 39.3 Å². The van der Waals surface area contributed by atoms with Crippen LogP contribution in [0.25, 0.3) is 0 Å². The van der Waals surface area contributed by atoms with Crippen LogP contribution in [0.3, 0.4) is 0 Å². The summed E-state index contributed by atoms with van der Waals surface area (Å²) < 4.78 is 0. The summed E-state index contributed by atoms with van der Waals surface area (Å²) in [7, 11) is 0. The van der Waals surface area contributed by atoms with Crippen molar-refractivity contribution in [1.29, 1.82) is 0 Å². The van der Waals surface area contributed by atoms with Crippen LogP contribution in [0.5, 0.6) is 0 Å². The van der Waals surface area contributed by atoms with E-state index in [0.29, 0.717) is 38.4 Å². The van der Waals surface area contributed by atoms with E-state index in [1.54, 1.807) is 0 Å². The number of primary amides is 1. The molecule has 3 aliphatic rings. The molecule has 0 bridgehead atoms. The Balaban J connectivity index is 1.42. The van der Waals surface area contributed by atoms with Gasteiger partial charge in [-0.1, -0.05) is 6.42 Å². The van der Waals surface area contributed by atoms with Gasteiger partial charge in [0.15, 0.2) is 0 Å². The zero-order valence-corrected chi connectivity index (χ0v) is 15.8. The van der Waals surface area contributed by atoms with Gasteiger partial charge in [0.1, 0.15) is 0 Å². The predicted molar refractivity (Wildman–Crippen MR) is 99.4 cm³/mol. The van der Waals surface area contributed by atoms with Crippen LogP contribution in [-0.4, -0.2) is 89.1 Å². The molecule has 26 heavy (non-hydrogen) atoms. The Hall–Kier alpha value is -1.18. The van der Waals surface area contributed by atoms with E-state index < -0.39 is 18.1 Å². The third kappa shape index (κ3) is 4.96. The largest absolute Gasteiger partial charge is 0.393 e. The van der Waals surface area contributed by atoms with Gasteiger partial charge in [0.25, 0.3) is 0 Å². The SMILES string of the molecule is NC(=O)C1CC(O)CCN1CCC(=O)N1CCC(N2CCCCC2)CC1. The molecule has 3 aliphatic heterocycles. The Morgan fingerprint density at radius 2 is 1.65 bits per heavy atom. The molecule has 0 radical (unpaired) electrons. The van der Waals surface area contributed by atoms with Crippen molar-refractivity contribution >= 4 is 11.8 Å². The lowest BCUT2D eigenvalue weighted by Crippen LogP contribution is -2.52. The van der Waals surface area contributed by atoms with E-state index in [9.17, 15) is 14.7 Å². The number of aliphatic hydroxyl groups is 1. The van der Waals surface area contributed by atoms with Crippen molar-refractivity contribution in [3.8, 4) is 0 Å². The van der Waals surface area contributed by atoms with Crippen LogP contribution in [0, 0.1) is 0 Å². The number of nitrogens with zero attached hydrogens (tertiary/aromatic N) is 3. The molecule has 0 spiro atoms. The molecule has 3 N–H and O–H groups in total. The fourth-order valence-electron chi connectivity index (χ4n) is 4.72. The van der Waals surface area contributed by atoms with Crippen LogP contribution in [-0.2, 0) is 9.59 Å². The number of piperidine rings is 3. The number of carbonyl (C=O) groups is 2. The minimum atomic E-state index is -0.465. The van der Waals surface area contributed by atoms with Gasteiger partial charge in [0.2, 0.25) is 11.8 Å². The lowest BCUT2D eigenvalue weighted by atomic mass is 9.98. The number of amides is 2. The molecule has 2 unspecified atom stereocenters. The van der Waals surface area contributed by atoms with E-state index >= 15 is 0 Å². The number of likely N-dealkylation sites (tertiary alicyclic amines) is 3. The van der Waals surface area contributed by atoms with E-state index in [2.05, 4.69) is 4.90 Å². The zero-order valence-electron chi connectivity index (χ0n) is 15.8. The molecule has 3 saturated heterocycles. The summed E-state index contributed by atoms with van der Waals surface area (Å²) in [4.78, 5) is 30.8. The lowest BCUT2D eigenvalue weighted by molar-refractivity contribution is -0.135. The van der Waals surface area contributed by atoms with Gasteiger partial charge in [-0.15, -0.1) is 0 Å². The molecular formula is C19H34N4O3. The quantitative estimate of drug-likeness (QED) is 0.724. The first-order valence-electron chi connectivity index (χ1n) is 10.3. The maximum absolute atomic E-state index is 12.6. The molecule has 2 amide bonds. The molecule has 2 atom stereocenters. The van der Waals surface area contributed by atoms with E-state index in [-0.39, 0.29) is 5.91 Å². The first kappa shape index (κ1) is 19.6. The Bertz CT molecular complexity index is 487. The molecule has 0 aromatic carbocycles. The molecule has 0 aromatic heterocycles. The fraction of sp³-hybridized carbons (Fsp3) is 0.895.